The number of carboxylic acids is 1. The fraction of sp³-hybridized carbons (Fsp3) is 0.300. The van der Waals surface area contributed by atoms with Crippen molar-refractivity contribution in [3.63, 3.8) is 0 Å². The van der Waals surface area contributed by atoms with Gasteiger partial charge in [0.1, 0.15) is 0 Å². The number of carboxylic acid groups (broad SMARTS) is 1. The average molecular weight is 279 g/mol. The molecule has 82 valence electrons. The number of carbonyl (C=O) groups is 1. The molecule has 2 nitrogen and oxygen atoms in total. The summed E-state index contributed by atoms with van der Waals surface area (Å²) in [6.45, 7) is 3.13. The van der Waals surface area contributed by atoms with Crippen LogP contribution in [0.2, 0.25) is 0 Å². The van der Waals surface area contributed by atoms with E-state index in [1.54, 1.807) is 6.92 Å². The molecule has 1 N–H and O–H groups in total. The number of hydrogen-bond acceptors (Lipinski definition) is 1. The van der Waals surface area contributed by atoms with Gasteiger partial charge in [-0.25, -0.2) is 4.79 Å². The zero-order valence-electron chi connectivity index (χ0n) is 8.14. The fourth-order valence-electron chi connectivity index (χ4n) is 1.24. The Morgan fingerprint density at radius 1 is 1.33 bits per heavy atom. The van der Waals surface area contributed by atoms with Gasteiger partial charge >= 0.3 is 11.9 Å². The lowest BCUT2D eigenvalue weighted by Crippen LogP contribution is -2.26. The van der Waals surface area contributed by atoms with Gasteiger partial charge in [0.15, 0.2) is 0 Å². The van der Waals surface area contributed by atoms with Gasteiger partial charge < -0.3 is 5.11 Å². The summed E-state index contributed by atoms with van der Waals surface area (Å²) in [6, 6.07) is 2.55. The van der Waals surface area contributed by atoms with E-state index in [9.17, 15) is 13.6 Å². The summed E-state index contributed by atoms with van der Waals surface area (Å²) in [5.74, 6) is -5.97. The van der Waals surface area contributed by atoms with Crippen LogP contribution in [-0.4, -0.2) is 11.1 Å². The number of hydrogen-bond donors (Lipinski definition) is 1. The SMILES string of the molecule is Cc1c(Br)ccc(C(F)(F)C(=O)O)c1C. The maximum Gasteiger partial charge on any atom is 0.379 e. The van der Waals surface area contributed by atoms with Gasteiger partial charge in [0.05, 0.1) is 0 Å². The molecular weight excluding hydrogens is 270 g/mol. The fourth-order valence-corrected chi connectivity index (χ4v) is 1.67. The van der Waals surface area contributed by atoms with Crippen LogP contribution in [0.1, 0.15) is 16.7 Å². The van der Waals surface area contributed by atoms with Crippen molar-refractivity contribution in [3.05, 3.63) is 33.3 Å². The molecular formula is C10H9BrF2O2. The minimum Gasteiger partial charge on any atom is -0.477 e. The monoisotopic (exact) mass is 278 g/mol. The molecule has 15 heavy (non-hydrogen) atoms. The second-order valence-corrected chi connectivity index (χ2v) is 4.08. The molecule has 0 saturated heterocycles. The minimum absolute atomic E-state index is 0.289. The third kappa shape index (κ3) is 2.02. The smallest absolute Gasteiger partial charge is 0.379 e. The lowest BCUT2D eigenvalue weighted by Gasteiger charge is -2.16. The van der Waals surface area contributed by atoms with Gasteiger partial charge in [0.25, 0.3) is 0 Å². The Labute approximate surface area is 94.0 Å². The first-order valence-electron chi connectivity index (χ1n) is 4.16. The van der Waals surface area contributed by atoms with Gasteiger partial charge in [-0.15, -0.1) is 0 Å². The predicted molar refractivity (Wildman–Crippen MR) is 55.1 cm³/mol. The summed E-state index contributed by atoms with van der Waals surface area (Å²) in [4.78, 5) is 10.4. The van der Waals surface area contributed by atoms with E-state index >= 15 is 0 Å². The summed E-state index contributed by atoms with van der Waals surface area (Å²) in [6.07, 6.45) is 0. The summed E-state index contributed by atoms with van der Waals surface area (Å²) >= 11 is 3.19. The van der Waals surface area contributed by atoms with Gasteiger partial charge in [0, 0.05) is 10.0 Å². The van der Waals surface area contributed by atoms with Crippen LogP contribution < -0.4 is 0 Å². The third-order valence-electron chi connectivity index (χ3n) is 2.33. The number of alkyl halides is 2. The van der Waals surface area contributed by atoms with Crippen LogP contribution in [0.5, 0.6) is 0 Å². The van der Waals surface area contributed by atoms with E-state index in [1.165, 1.54) is 13.0 Å². The molecule has 0 aromatic heterocycles. The maximum absolute atomic E-state index is 13.2. The molecule has 0 bridgehead atoms. The molecule has 0 fully saturated rings. The predicted octanol–water partition coefficient (Wildman–Crippen LogP) is 3.24. The first-order chi connectivity index (χ1) is 6.78. The van der Waals surface area contributed by atoms with Crippen molar-refractivity contribution >= 4 is 21.9 Å². The van der Waals surface area contributed by atoms with E-state index in [1.807, 2.05) is 0 Å². The Morgan fingerprint density at radius 3 is 2.33 bits per heavy atom. The average Bonchev–Trinajstić information content (AvgIpc) is 2.13. The summed E-state index contributed by atoms with van der Waals surface area (Å²) in [5.41, 5.74) is 0.445. The normalized spacial score (nSPS) is 11.5. The summed E-state index contributed by atoms with van der Waals surface area (Å²) in [5, 5.41) is 8.42. The van der Waals surface area contributed by atoms with Gasteiger partial charge in [0.2, 0.25) is 0 Å². The first-order valence-corrected chi connectivity index (χ1v) is 4.95. The Hall–Kier alpha value is -0.970. The molecule has 0 aliphatic rings. The highest BCUT2D eigenvalue weighted by atomic mass is 79.9. The van der Waals surface area contributed by atoms with Crippen LogP contribution in [0, 0.1) is 13.8 Å². The Bertz CT molecular complexity index is 416. The van der Waals surface area contributed by atoms with Crippen LogP contribution in [0.25, 0.3) is 0 Å². The van der Waals surface area contributed by atoms with Crippen molar-refractivity contribution in [2.24, 2.45) is 0 Å². The van der Waals surface area contributed by atoms with Crippen LogP contribution in [0.15, 0.2) is 16.6 Å². The molecule has 0 spiro atoms. The highest BCUT2D eigenvalue weighted by molar-refractivity contribution is 9.10. The first kappa shape index (κ1) is 12.1. The van der Waals surface area contributed by atoms with Crippen molar-refractivity contribution in [2.75, 3.05) is 0 Å². The Kier molecular flexibility index (Phi) is 3.13. The van der Waals surface area contributed by atoms with Crippen LogP contribution >= 0.6 is 15.9 Å². The van der Waals surface area contributed by atoms with Crippen LogP contribution in [0.3, 0.4) is 0 Å². The number of rotatable bonds is 2. The lowest BCUT2D eigenvalue weighted by molar-refractivity contribution is -0.166. The van der Waals surface area contributed by atoms with Gasteiger partial charge in [-0.1, -0.05) is 22.0 Å². The molecule has 0 aliphatic heterocycles. The number of aliphatic carboxylic acids is 1. The third-order valence-corrected chi connectivity index (χ3v) is 3.19. The largest absolute Gasteiger partial charge is 0.477 e. The maximum atomic E-state index is 13.2. The highest BCUT2D eigenvalue weighted by Gasteiger charge is 2.42. The zero-order valence-corrected chi connectivity index (χ0v) is 9.73. The van der Waals surface area contributed by atoms with Crippen molar-refractivity contribution in [1.29, 1.82) is 0 Å². The Balaban J connectivity index is 3.40. The molecule has 0 radical (unpaired) electrons. The molecule has 0 heterocycles. The topological polar surface area (TPSA) is 37.3 Å². The molecule has 0 unspecified atom stereocenters. The van der Waals surface area contributed by atoms with Gasteiger partial charge in [-0.3, -0.25) is 0 Å². The number of halogens is 3. The highest BCUT2D eigenvalue weighted by Crippen LogP contribution is 2.34. The number of benzene rings is 1. The lowest BCUT2D eigenvalue weighted by atomic mass is 9.98. The van der Waals surface area contributed by atoms with Crippen LogP contribution in [0.4, 0.5) is 8.78 Å². The molecule has 1 aromatic rings. The van der Waals surface area contributed by atoms with Crippen LogP contribution in [-0.2, 0) is 10.7 Å². The molecule has 0 amide bonds. The second-order valence-electron chi connectivity index (χ2n) is 3.22. The van der Waals surface area contributed by atoms with Gasteiger partial charge in [-0.2, -0.15) is 8.78 Å². The Morgan fingerprint density at radius 2 is 1.87 bits per heavy atom. The molecule has 0 aliphatic carbocycles. The van der Waals surface area contributed by atoms with Crippen molar-refractivity contribution in [3.8, 4) is 0 Å². The molecule has 0 saturated carbocycles. The quantitative estimate of drug-likeness (QED) is 0.902. The molecule has 1 rings (SSSR count). The van der Waals surface area contributed by atoms with E-state index in [0.717, 1.165) is 6.07 Å². The minimum atomic E-state index is -3.84. The second kappa shape index (κ2) is 3.89. The standard InChI is InChI=1S/C10H9BrF2O2/c1-5-6(2)8(11)4-3-7(5)10(12,13)9(14)15/h3-4H,1-2H3,(H,14,15). The summed E-state index contributed by atoms with van der Waals surface area (Å²) < 4.78 is 27.2. The van der Waals surface area contributed by atoms with E-state index in [-0.39, 0.29) is 5.56 Å². The van der Waals surface area contributed by atoms with Crippen molar-refractivity contribution < 1.29 is 18.7 Å². The van der Waals surface area contributed by atoms with Crippen molar-refractivity contribution in [1.82, 2.24) is 0 Å². The zero-order chi connectivity index (χ0) is 11.8. The van der Waals surface area contributed by atoms with E-state index < -0.39 is 17.5 Å². The molecule has 5 heteroatoms. The van der Waals surface area contributed by atoms with E-state index in [2.05, 4.69) is 15.9 Å². The van der Waals surface area contributed by atoms with E-state index in [0.29, 0.717) is 10.0 Å². The van der Waals surface area contributed by atoms with Gasteiger partial charge in [-0.05, 0) is 31.0 Å². The van der Waals surface area contributed by atoms with E-state index in [4.69, 9.17) is 5.11 Å². The summed E-state index contributed by atoms with van der Waals surface area (Å²) in [7, 11) is 0. The molecule has 1 aromatic carbocycles. The molecule has 0 atom stereocenters. The van der Waals surface area contributed by atoms with Crippen molar-refractivity contribution in [2.45, 2.75) is 19.8 Å².